The molecule has 0 atom stereocenters. The van der Waals surface area contributed by atoms with Crippen LogP contribution in [0.3, 0.4) is 0 Å². The standard InChI is InChI=1S/C21H21ClN4O6S/c1-13-3-4-14(19-23-20(32-24-19)21(27)26-7-9-31-10-8-26)11-18(13)33(28,29)25-16-12-15(22)5-6-17(16)30-2/h3-6,11-12,25H,7-10H2,1-2H3. The predicted octanol–water partition coefficient (Wildman–Crippen LogP) is 2.98. The lowest BCUT2D eigenvalue weighted by molar-refractivity contribution is 0.0272. The SMILES string of the molecule is COc1ccc(Cl)cc1NS(=O)(=O)c1cc(-c2noc(C(=O)N3CCOCC3)n2)ccc1C. The smallest absolute Gasteiger partial charge is 0.316 e. The number of hydrogen-bond acceptors (Lipinski definition) is 8. The van der Waals surface area contributed by atoms with Crippen molar-refractivity contribution >= 4 is 33.2 Å². The molecule has 1 N–H and O–H groups in total. The summed E-state index contributed by atoms with van der Waals surface area (Å²) in [4.78, 5) is 18.3. The number of carbonyl (C=O) groups excluding carboxylic acids is 1. The number of sulfonamides is 1. The van der Waals surface area contributed by atoms with Crippen LogP contribution in [0.5, 0.6) is 5.75 Å². The van der Waals surface area contributed by atoms with E-state index in [-0.39, 0.29) is 22.3 Å². The minimum atomic E-state index is -4.01. The molecule has 0 saturated carbocycles. The molecular formula is C21H21ClN4O6S. The maximum absolute atomic E-state index is 13.2. The summed E-state index contributed by atoms with van der Waals surface area (Å²) in [7, 11) is -2.58. The number of aromatic nitrogens is 2. The predicted molar refractivity (Wildman–Crippen MR) is 120 cm³/mol. The van der Waals surface area contributed by atoms with Gasteiger partial charge in [0.2, 0.25) is 5.82 Å². The number of anilines is 1. The van der Waals surface area contributed by atoms with E-state index in [2.05, 4.69) is 14.9 Å². The summed E-state index contributed by atoms with van der Waals surface area (Å²) in [5.74, 6) is -0.144. The van der Waals surface area contributed by atoms with Crippen LogP contribution in [-0.2, 0) is 14.8 Å². The highest BCUT2D eigenvalue weighted by atomic mass is 35.5. The number of methoxy groups -OCH3 is 1. The van der Waals surface area contributed by atoms with Gasteiger partial charge in [0.1, 0.15) is 5.75 Å². The molecule has 1 aliphatic heterocycles. The molecule has 12 heteroatoms. The number of morpholine rings is 1. The van der Waals surface area contributed by atoms with E-state index < -0.39 is 15.9 Å². The van der Waals surface area contributed by atoms with Crippen molar-refractivity contribution in [2.24, 2.45) is 0 Å². The molecule has 1 aliphatic rings. The fourth-order valence-electron chi connectivity index (χ4n) is 3.32. The molecule has 2 heterocycles. The van der Waals surface area contributed by atoms with Gasteiger partial charge in [-0.25, -0.2) is 8.42 Å². The van der Waals surface area contributed by atoms with E-state index in [0.717, 1.165) is 0 Å². The Hall–Kier alpha value is -3.15. The Morgan fingerprint density at radius 1 is 1.18 bits per heavy atom. The first-order valence-electron chi connectivity index (χ1n) is 9.96. The fraction of sp³-hybridized carbons (Fsp3) is 0.286. The van der Waals surface area contributed by atoms with Crippen LogP contribution in [0, 0.1) is 6.92 Å². The van der Waals surface area contributed by atoms with E-state index in [1.54, 1.807) is 36.1 Å². The van der Waals surface area contributed by atoms with Gasteiger partial charge in [0.05, 0.1) is 30.9 Å². The monoisotopic (exact) mass is 492 g/mol. The zero-order valence-electron chi connectivity index (χ0n) is 17.9. The van der Waals surface area contributed by atoms with Gasteiger partial charge in [-0.3, -0.25) is 9.52 Å². The van der Waals surface area contributed by atoms with Gasteiger partial charge >= 0.3 is 11.8 Å². The molecule has 1 saturated heterocycles. The van der Waals surface area contributed by atoms with E-state index in [0.29, 0.717) is 48.2 Å². The lowest BCUT2D eigenvalue weighted by Crippen LogP contribution is -2.40. The quantitative estimate of drug-likeness (QED) is 0.557. The molecule has 0 spiro atoms. The number of nitrogens with one attached hydrogen (secondary N) is 1. The van der Waals surface area contributed by atoms with Gasteiger partial charge in [0, 0.05) is 23.7 Å². The molecule has 3 aromatic rings. The molecule has 174 valence electrons. The number of aryl methyl sites for hydroxylation is 1. The molecule has 1 aromatic heterocycles. The molecule has 1 fully saturated rings. The van der Waals surface area contributed by atoms with Crippen molar-refractivity contribution in [3.63, 3.8) is 0 Å². The Kier molecular flexibility index (Phi) is 6.54. The van der Waals surface area contributed by atoms with Gasteiger partial charge < -0.3 is 18.9 Å². The van der Waals surface area contributed by atoms with Crippen LogP contribution < -0.4 is 9.46 Å². The second-order valence-electron chi connectivity index (χ2n) is 7.26. The number of amides is 1. The number of nitrogens with zero attached hydrogens (tertiary/aromatic N) is 3. The topological polar surface area (TPSA) is 124 Å². The minimum Gasteiger partial charge on any atom is -0.495 e. The normalized spacial score (nSPS) is 14.2. The largest absolute Gasteiger partial charge is 0.495 e. The molecule has 33 heavy (non-hydrogen) atoms. The molecule has 0 aliphatic carbocycles. The van der Waals surface area contributed by atoms with E-state index >= 15 is 0 Å². The summed E-state index contributed by atoms with van der Waals surface area (Å²) in [6.07, 6.45) is 0. The van der Waals surface area contributed by atoms with Gasteiger partial charge in [-0.2, -0.15) is 4.98 Å². The molecule has 2 aromatic carbocycles. The van der Waals surface area contributed by atoms with Crippen molar-refractivity contribution in [1.82, 2.24) is 15.0 Å². The van der Waals surface area contributed by atoms with E-state index in [1.165, 1.54) is 19.2 Å². The maximum atomic E-state index is 13.2. The second kappa shape index (κ2) is 9.38. The third-order valence-corrected chi connectivity index (χ3v) is 6.79. The van der Waals surface area contributed by atoms with Crippen LogP contribution in [0.1, 0.15) is 16.2 Å². The molecule has 0 radical (unpaired) electrons. The average molecular weight is 493 g/mol. The molecule has 0 bridgehead atoms. The minimum absolute atomic E-state index is 0.00730. The molecule has 10 nitrogen and oxygen atoms in total. The Bertz CT molecular complexity index is 1290. The number of carbonyl (C=O) groups is 1. The van der Waals surface area contributed by atoms with Crippen LogP contribution in [0.25, 0.3) is 11.4 Å². The van der Waals surface area contributed by atoms with Crippen molar-refractivity contribution in [3.05, 3.63) is 52.9 Å². The summed E-state index contributed by atoms with van der Waals surface area (Å²) in [5, 5.41) is 4.21. The fourth-order valence-corrected chi connectivity index (χ4v) is 4.82. The number of benzene rings is 2. The Morgan fingerprint density at radius 3 is 2.67 bits per heavy atom. The van der Waals surface area contributed by atoms with Gasteiger partial charge in [-0.05, 0) is 36.8 Å². The number of rotatable bonds is 6. The van der Waals surface area contributed by atoms with Crippen LogP contribution in [-0.4, -0.2) is 62.8 Å². The van der Waals surface area contributed by atoms with Crippen LogP contribution in [0.2, 0.25) is 5.02 Å². The van der Waals surface area contributed by atoms with Crippen LogP contribution in [0.4, 0.5) is 5.69 Å². The van der Waals surface area contributed by atoms with Crippen molar-refractivity contribution in [2.45, 2.75) is 11.8 Å². The molecule has 1 amide bonds. The second-order valence-corrected chi connectivity index (χ2v) is 9.35. The first-order chi connectivity index (χ1) is 15.8. The summed E-state index contributed by atoms with van der Waals surface area (Å²) in [5.41, 5.74) is 1.08. The molecular weight excluding hydrogens is 472 g/mol. The van der Waals surface area contributed by atoms with Crippen molar-refractivity contribution in [3.8, 4) is 17.1 Å². The van der Waals surface area contributed by atoms with Gasteiger partial charge in [0.15, 0.2) is 0 Å². The zero-order chi connectivity index (χ0) is 23.6. The Labute approximate surface area is 195 Å². The average Bonchev–Trinajstić information content (AvgIpc) is 3.29. The molecule has 4 rings (SSSR count). The maximum Gasteiger partial charge on any atom is 0.316 e. The first-order valence-corrected chi connectivity index (χ1v) is 11.8. The first kappa shape index (κ1) is 23.0. The summed E-state index contributed by atoms with van der Waals surface area (Å²) < 4.78 is 44.4. The van der Waals surface area contributed by atoms with Crippen LogP contribution in [0.15, 0.2) is 45.8 Å². The third-order valence-electron chi connectivity index (χ3n) is 5.05. The van der Waals surface area contributed by atoms with Crippen molar-refractivity contribution in [1.29, 1.82) is 0 Å². The Balaban J connectivity index is 1.63. The van der Waals surface area contributed by atoms with Gasteiger partial charge in [-0.1, -0.05) is 28.9 Å². The highest BCUT2D eigenvalue weighted by Crippen LogP contribution is 2.31. The van der Waals surface area contributed by atoms with E-state index in [1.807, 2.05) is 0 Å². The van der Waals surface area contributed by atoms with E-state index in [4.69, 9.17) is 25.6 Å². The lowest BCUT2D eigenvalue weighted by atomic mass is 10.1. The van der Waals surface area contributed by atoms with E-state index in [9.17, 15) is 13.2 Å². The Morgan fingerprint density at radius 2 is 1.94 bits per heavy atom. The van der Waals surface area contributed by atoms with Crippen molar-refractivity contribution in [2.75, 3.05) is 38.1 Å². The highest BCUT2D eigenvalue weighted by Gasteiger charge is 2.25. The number of halogens is 1. The third kappa shape index (κ3) is 4.95. The molecule has 0 unspecified atom stereocenters. The lowest BCUT2D eigenvalue weighted by Gasteiger charge is -2.25. The highest BCUT2D eigenvalue weighted by molar-refractivity contribution is 7.92. The number of hydrogen-bond donors (Lipinski definition) is 1. The zero-order valence-corrected chi connectivity index (χ0v) is 19.4. The van der Waals surface area contributed by atoms with Gasteiger partial charge in [-0.15, -0.1) is 0 Å². The van der Waals surface area contributed by atoms with Gasteiger partial charge in [0.25, 0.3) is 10.0 Å². The van der Waals surface area contributed by atoms with Crippen LogP contribution >= 0.6 is 11.6 Å². The summed E-state index contributed by atoms with van der Waals surface area (Å²) >= 11 is 6.01. The van der Waals surface area contributed by atoms with Crippen molar-refractivity contribution < 1.29 is 27.2 Å². The number of ether oxygens (including phenoxy) is 2. The summed E-state index contributed by atoms with van der Waals surface area (Å²) in [6, 6.07) is 9.31. The summed E-state index contributed by atoms with van der Waals surface area (Å²) in [6.45, 7) is 3.41.